The molecule has 1 N–H and O–H groups in total. The highest BCUT2D eigenvalue weighted by Crippen LogP contribution is 2.43. The normalized spacial score (nSPS) is 31.5. The van der Waals surface area contributed by atoms with Crippen LogP contribution in [-0.2, 0) is 4.79 Å². The average Bonchev–Trinajstić information content (AvgIpc) is 3.15. The molecule has 1 aliphatic heterocycles. The van der Waals surface area contributed by atoms with Crippen molar-refractivity contribution in [3.63, 3.8) is 0 Å². The lowest BCUT2D eigenvalue weighted by molar-refractivity contribution is -0.123. The summed E-state index contributed by atoms with van der Waals surface area (Å²) in [5, 5.41) is 2.78. The van der Waals surface area contributed by atoms with Gasteiger partial charge in [0.05, 0.1) is 0 Å². The minimum absolute atomic E-state index is 0.183. The fraction of sp³-hybridized carbons (Fsp3) is 0.929. The number of piperidine rings is 1. The molecular weight excluding hydrogens is 250 g/mol. The maximum atomic E-state index is 12.3. The first-order valence-electron chi connectivity index (χ1n) is 7.36. The summed E-state index contributed by atoms with van der Waals surface area (Å²) in [6.45, 7) is 6.16. The number of rotatable bonds is 6. The standard InChI is InChI=1S/C14H24F2N2O/c1-10-4-2-6-18(9-10)7-3-5-17-14(19)12-8-11(12)13(15)16/h10-13H,2-9H2,1H3,(H,17,19)/t10?,11-,12-/m0/s1. The Balaban J connectivity index is 1.53. The number of halogens is 2. The van der Waals surface area contributed by atoms with Gasteiger partial charge < -0.3 is 10.2 Å². The highest BCUT2D eigenvalue weighted by molar-refractivity contribution is 5.81. The van der Waals surface area contributed by atoms with Gasteiger partial charge in [0.2, 0.25) is 12.3 Å². The highest BCUT2D eigenvalue weighted by atomic mass is 19.3. The van der Waals surface area contributed by atoms with Crippen molar-refractivity contribution < 1.29 is 13.6 Å². The van der Waals surface area contributed by atoms with Gasteiger partial charge in [0, 0.05) is 24.9 Å². The van der Waals surface area contributed by atoms with Gasteiger partial charge in [-0.1, -0.05) is 6.92 Å². The van der Waals surface area contributed by atoms with Crippen molar-refractivity contribution in [1.82, 2.24) is 10.2 Å². The Labute approximate surface area is 113 Å². The smallest absolute Gasteiger partial charge is 0.242 e. The third-order valence-corrected chi connectivity index (χ3v) is 4.19. The minimum atomic E-state index is -2.34. The van der Waals surface area contributed by atoms with Crippen LogP contribution >= 0.6 is 0 Å². The van der Waals surface area contributed by atoms with Gasteiger partial charge in [-0.15, -0.1) is 0 Å². The topological polar surface area (TPSA) is 32.3 Å². The van der Waals surface area contributed by atoms with Crippen LogP contribution in [0.3, 0.4) is 0 Å². The zero-order chi connectivity index (χ0) is 13.8. The first-order chi connectivity index (χ1) is 9.08. The molecule has 2 rings (SSSR count). The summed E-state index contributed by atoms with van der Waals surface area (Å²) in [6, 6.07) is 0. The van der Waals surface area contributed by atoms with E-state index in [0.717, 1.165) is 32.0 Å². The molecule has 0 radical (unpaired) electrons. The van der Waals surface area contributed by atoms with Crippen LogP contribution in [0.5, 0.6) is 0 Å². The van der Waals surface area contributed by atoms with Crippen molar-refractivity contribution in [2.45, 2.75) is 39.0 Å². The largest absolute Gasteiger partial charge is 0.356 e. The summed E-state index contributed by atoms with van der Waals surface area (Å²) in [7, 11) is 0. The second kappa shape index (κ2) is 6.64. The van der Waals surface area contributed by atoms with Gasteiger partial charge in [-0.05, 0) is 44.7 Å². The predicted molar refractivity (Wildman–Crippen MR) is 70.1 cm³/mol. The Bertz CT molecular complexity index is 312. The number of likely N-dealkylation sites (tertiary alicyclic amines) is 1. The molecule has 3 nitrogen and oxygen atoms in total. The number of carbonyl (C=O) groups excluding carboxylic acids is 1. The van der Waals surface area contributed by atoms with Gasteiger partial charge >= 0.3 is 0 Å². The van der Waals surface area contributed by atoms with E-state index in [1.54, 1.807) is 0 Å². The average molecular weight is 274 g/mol. The monoisotopic (exact) mass is 274 g/mol. The number of hydrogen-bond acceptors (Lipinski definition) is 2. The summed E-state index contributed by atoms with van der Waals surface area (Å²) < 4.78 is 24.6. The molecule has 0 aromatic heterocycles. The third-order valence-electron chi connectivity index (χ3n) is 4.19. The molecular formula is C14H24F2N2O. The first kappa shape index (κ1) is 14.7. The molecule has 1 amide bonds. The molecule has 2 aliphatic rings. The van der Waals surface area contributed by atoms with Crippen LogP contribution in [-0.4, -0.2) is 43.4 Å². The van der Waals surface area contributed by atoms with E-state index in [4.69, 9.17) is 0 Å². The van der Waals surface area contributed by atoms with Crippen LogP contribution in [0.2, 0.25) is 0 Å². The number of carbonyl (C=O) groups is 1. The number of alkyl halides is 2. The van der Waals surface area contributed by atoms with Gasteiger partial charge in [0.15, 0.2) is 0 Å². The van der Waals surface area contributed by atoms with E-state index in [1.807, 2.05) is 0 Å². The van der Waals surface area contributed by atoms with Crippen molar-refractivity contribution in [1.29, 1.82) is 0 Å². The van der Waals surface area contributed by atoms with Gasteiger partial charge in [-0.25, -0.2) is 8.78 Å². The number of amides is 1. The van der Waals surface area contributed by atoms with Gasteiger partial charge in [0.25, 0.3) is 0 Å². The summed E-state index contributed by atoms with van der Waals surface area (Å²) in [5.74, 6) is -0.545. The number of hydrogen-bond donors (Lipinski definition) is 1. The minimum Gasteiger partial charge on any atom is -0.356 e. The van der Waals surface area contributed by atoms with Crippen molar-refractivity contribution in [2.75, 3.05) is 26.2 Å². The van der Waals surface area contributed by atoms with E-state index in [1.165, 1.54) is 12.8 Å². The zero-order valence-corrected chi connectivity index (χ0v) is 11.6. The number of nitrogens with one attached hydrogen (secondary N) is 1. The summed E-state index contributed by atoms with van der Waals surface area (Å²) >= 11 is 0. The Kier molecular flexibility index (Phi) is 5.13. The zero-order valence-electron chi connectivity index (χ0n) is 11.6. The van der Waals surface area contributed by atoms with Crippen LogP contribution in [0.15, 0.2) is 0 Å². The molecule has 19 heavy (non-hydrogen) atoms. The Hall–Kier alpha value is -0.710. The summed E-state index contributed by atoms with van der Waals surface area (Å²) in [5.41, 5.74) is 0. The van der Waals surface area contributed by atoms with Crippen LogP contribution in [0.25, 0.3) is 0 Å². The third kappa shape index (κ3) is 4.41. The van der Waals surface area contributed by atoms with E-state index in [9.17, 15) is 13.6 Å². The lowest BCUT2D eigenvalue weighted by atomic mass is 10.0. The van der Waals surface area contributed by atoms with Gasteiger partial charge in [-0.2, -0.15) is 0 Å². The van der Waals surface area contributed by atoms with Crippen molar-refractivity contribution >= 4 is 5.91 Å². The lowest BCUT2D eigenvalue weighted by Crippen LogP contribution is -2.36. The van der Waals surface area contributed by atoms with Crippen LogP contribution in [0.4, 0.5) is 8.78 Å². The summed E-state index contributed by atoms with van der Waals surface area (Å²) in [4.78, 5) is 14.0. The van der Waals surface area contributed by atoms with Crippen LogP contribution in [0.1, 0.15) is 32.6 Å². The SMILES string of the molecule is CC1CCCN(CCCNC(=O)[C@H]2C[C@@H]2C(F)F)C1. The molecule has 2 fully saturated rings. The molecule has 0 aromatic rings. The molecule has 0 spiro atoms. The van der Waals surface area contributed by atoms with E-state index >= 15 is 0 Å². The van der Waals surface area contributed by atoms with Gasteiger partial charge in [-0.3, -0.25) is 4.79 Å². The Morgan fingerprint density at radius 3 is 2.89 bits per heavy atom. The first-order valence-corrected chi connectivity index (χ1v) is 7.36. The molecule has 1 heterocycles. The quantitative estimate of drug-likeness (QED) is 0.753. The Morgan fingerprint density at radius 1 is 1.47 bits per heavy atom. The van der Waals surface area contributed by atoms with E-state index in [-0.39, 0.29) is 5.91 Å². The van der Waals surface area contributed by atoms with E-state index in [2.05, 4.69) is 17.1 Å². The predicted octanol–water partition coefficient (Wildman–Crippen LogP) is 2.13. The summed E-state index contributed by atoms with van der Waals surface area (Å²) in [6.07, 6.45) is 1.48. The molecule has 0 bridgehead atoms. The van der Waals surface area contributed by atoms with Crippen LogP contribution < -0.4 is 5.32 Å². The molecule has 1 unspecified atom stereocenters. The van der Waals surface area contributed by atoms with Crippen molar-refractivity contribution in [3.8, 4) is 0 Å². The molecule has 1 saturated carbocycles. The van der Waals surface area contributed by atoms with Crippen LogP contribution in [0, 0.1) is 17.8 Å². The fourth-order valence-electron chi connectivity index (χ4n) is 2.93. The molecule has 110 valence electrons. The number of nitrogens with zero attached hydrogens (tertiary/aromatic N) is 1. The second-order valence-corrected chi connectivity index (χ2v) is 6.03. The van der Waals surface area contributed by atoms with Crippen molar-refractivity contribution in [2.24, 2.45) is 17.8 Å². The molecule has 1 aliphatic carbocycles. The maximum Gasteiger partial charge on any atom is 0.242 e. The van der Waals surface area contributed by atoms with E-state index in [0.29, 0.717) is 13.0 Å². The Morgan fingerprint density at radius 2 is 2.26 bits per heavy atom. The molecule has 5 heteroatoms. The maximum absolute atomic E-state index is 12.3. The highest BCUT2D eigenvalue weighted by Gasteiger charge is 2.48. The molecule has 1 saturated heterocycles. The fourth-order valence-corrected chi connectivity index (χ4v) is 2.93. The molecule has 3 atom stereocenters. The molecule has 0 aromatic carbocycles. The van der Waals surface area contributed by atoms with E-state index < -0.39 is 18.3 Å². The lowest BCUT2D eigenvalue weighted by Gasteiger charge is -2.30. The van der Waals surface area contributed by atoms with Crippen molar-refractivity contribution in [3.05, 3.63) is 0 Å². The van der Waals surface area contributed by atoms with Gasteiger partial charge in [0.1, 0.15) is 0 Å². The second-order valence-electron chi connectivity index (χ2n) is 6.03.